The van der Waals surface area contributed by atoms with Crippen LogP contribution < -0.4 is 10.1 Å². The van der Waals surface area contributed by atoms with E-state index in [0.717, 1.165) is 38.5 Å². The van der Waals surface area contributed by atoms with Crippen LogP contribution in [-0.2, 0) is 24.4 Å². The molecular formula is C20H27NO2. The average molecular weight is 313 g/mol. The smallest absolute Gasteiger partial charge is 0.119 e. The fourth-order valence-corrected chi connectivity index (χ4v) is 2.29. The van der Waals surface area contributed by atoms with Crippen LogP contribution in [0.15, 0.2) is 48.5 Å². The summed E-state index contributed by atoms with van der Waals surface area (Å²) in [4.78, 5) is 0. The Labute approximate surface area is 139 Å². The quantitative estimate of drug-likeness (QED) is 0.709. The van der Waals surface area contributed by atoms with Gasteiger partial charge in [-0.15, -0.1) is 0 Å². The largest absolute Gasteiger partial charge is 0.494 e. The van der Waals surface area contributed by atoms with Gasteiger partial charge in [0.25, 0.3) is 0 Å². The van der Waals surface area contributed by atoms with Crippen molar-refractivity contribution in [2.45, 2.75) is 40.0 Å². The Morgan fingerprint density at radius 3 is 2.35 bits per heavy atom. The van der Waals surface area contributed by atoms with Crippen molar-refractivity contribution in [3.05, 3.63) is 65.2 Å². The Bertz CT molecular complexity index is 566. The molecular weight excluding hydrogens is 286 g/mol. The third-order valence-electron chi connectivity index (χ3n) is 3.53. The van der Waals surface area contributed by atoms with Gasteiger partial charge in [0.15, 0.2) is 0 Å². The van der Waals surface area contributed by atoms with Crippen molar-refractivity contribution < 1.29 is 9.47 Å². The number of nitrogens with one attached hydrogen (secondary N) is 1. The highest BCUT2D eigenvalue weighted by atomic mass is 16.5. The molecule has 0 aliphatic heterocycles. The van der Waals surface area contributed by atoms with E-state index in [-0.39, 0.29) is 0 Å². The molecule has 0 aliphatic rings. The Kier molecular flexibility index (Phi) is 7.64. The zero-order chi connectivity index (χ0) is 16.3. The summed E-state index contributed by atoms with van der Waals surface area (Å²) in [5, 5.41) is 3.48. The molecule has 0 amide bonds. The molecule has 0 fully saturated rings. The normalized spacial score (nSPS) is 10.7. The van der Waals surface area contributed by atoms with E-state index < -0.39 is 0 Å². The van der Waals surface area contributed by atoms with E-state index in [2.05, 4.69) is 48.6 Å². The summed E-state index contributed by atoms with van der Waals surface area (Å²) >= 11 is 0. The molecule has 23 heavy (non-hydrogen) atoms. The molecule has 0 heterocycles. The molecule has 2 aromatic rings. The fraction of sp³-hybridized carbons (Fsp3) is 0.400. The number of hydrogen-bond acceptors (Lipinski definition) is 3. The molecule has 0 saturated heterocycles. The van der Waals surface area contributed by atoms with Crippen LogP contribution in [0.25, 0.3) is 0 Å². The van der Waals surface area contributed by atoms with Gasteiger partial charge in [0.05, 0.1) is 13.2 Å². The van der Waals surface area contributed by atoms with Crippen LogP contribution in [-0.4, -0.2) is 13.2 Å². The van der Waals surface area contributed by atoms with Gasteiger partial charge in [-0.3, -0.25) is 0 Å². The molecule has 2 rings (SSSR count). The van der Waals surface area contributed by atoms with Crippen LogP contribution in [0, 0.1) is 0 Å². The Morgan fingerprint density at radius 1 is 0.870 bits per heavy atom. The summed E-state index contributed by atoms with van der Waals surface area (Å²) in [7, 11) is 0. The van der Waals surface area contributed by atoms with Gasteiger partial charge in [0.2, 0.25) is 0 Å². The Hall–Kier alpha value is -1.84. The molecule has 3 nitrogen and oxygen atoms in total. The molecule has 0 unspecified atom stereocenters. The first-order valence-corrected chi connectivity index (χ1v) is 8.39. The van der Waals surface area contributed by atoms with E-state index >= 15 is 0 Å². The first-order chi connectivity index (χ1) is 11.3. The summed E-state index contributed by atoms with van der Waals surface area (Å²) in [6.07, 6.45) is 1.03. The van der Waals surface area contributed by atoms with E-state index in [4.69, 9.17) is 9.47 Å². The first-order valence-electron chi connectivity index (χ1n) is 8.39. The molecule has 0 aromatic heterocycles. The SMILES string of the molecule is CCCOc1cccc(CNCc2ccc(COCC)cc2)c1. The number of benzene rings is 2. The first kappa shape index (κ1) is 17.5. The molecule has 0 radical (unpaired) electrons. The lowest BCUT2D eigenvalue weighted by Crippen LogP contribution is -2.12. The molecule has 0 saturated carbocycles. The predicted octanol–water partition coefficient (Wildman–Crippen LogP) is 4.30. The minimum absolute atomic E-state index is 0.689. The number of hydrogen-bond donors (Lipinski definition) is 1. The molecule has 0 atom stereocenters. The monoisotopic (exact) mass is 313 g/mol. The average Bonchev–Trinajstić information content (AvgIpc) is 2.60. The van der Waals surface area contributed by atoms with E-state index in [1.165, 1.54) is 16.7 Å². The van der Waals surface area contributed by atoms with Crippen LogP contribution >= 0.6 is 0 Å². The Balaban J connectivity index is 1.78. The maximum absolute atomic E-state index is 5.67. The highest BCUT2D eigenvalue weighted by Crippen LogP contribution is 2.14. The van der Waals surface area contributed by atoms with Gasteiger partial charge in [0, 0.05) is 19.7 Å². The molecule has 2 aromatic carbocycles. The van der Waals surface area contributed by atoms with Crippen molar-refractivity contribution >= 4 is 0 Å². The van der Waals surface area contributed by atoms with Gasteiger partial charge in [-0.2, -0.15) is 0 Å². The summed E-state index contributed by atoms with van der Waals surface area (Å²) in [5.74, 6) is 0.950. The lowest BCUT2D eigenvalue weighted by atomic mass is 10.1. The third kappa shape index (κ3) is 6.43. The summed E-state index contributed by atoms with van der Waals surface area (Å²) in [5.41, 5.74) is 3.74. The van der Waals surface area contributed by atoms with Crippen LogP contribution in [0.4, 0.5) is 0 Å². The highest BCUT2D eigenvalue weighted by Gasteiger charge is 1.98. The van der Waals surface area contributed by atoms with Crippen molar-refractivity contribution in [2.75, 3.05) is 13.2 Å². The van der Waals surface area contributed by atoms with Crippen LogP contribution in [0.5, 0.6) is 5.75 Å². The minimum Gasteiger partial charge on any atom is -0.494 e. The molecule has 1 N–H and O–H groups in total. The van der Waals surface area contributed by atoms with Crippen molar-refractivity contribution in [2.24, 2.45) is 0 Å². The zero-order valence-electron chi connectivity index (χ0n) is 14.2. The van der Waals surface area contributed by atoms with Crippen molar-refractivity contribution in [3.8, 4) is 5.75 Å². The van der Waals surface area contributed by atoms with Gasteiger partial charge in [-0.1, -0.05) is 43.3 Å². The van der Waals surface area contributed by atoms with E-state index in [9.17, 15) is 0 Å². The molecule has 0 bridgehead atoms. The Morgan fingerprint density at radius 2 is 1.61 bits per heavy atom. The maximum atomic E-state index is 5.67. The molecule has 3 heteroatoms. The number of rotatable bonds is 10. The van der Waals surface area contributed by atoms with Gasteiger partial charge >= 0.3 is 0 Å². The lowest BCUT2D eigenvalue weighted by molar-refractivity contribution is 0.134. The predicted molar refractivity (Wildman–Crippen MR) is 94.5 cm³/mol. The topological polar surface area (TPSA) is 30.5 Å². The van der Waals surface area contributed by atoms with Crippen LogP contribution in [0.2, 0.25) is 0 Å². The summed E-state index contributed by atoms with van der Waals surface area (Å²) in [6.45, 7) is 8.04. The summed E-state index contributed by atoms with van der Waals surface area (Å²) < 4.78 is 11.1. The fourth-order valence-electron chi connectivity index (χ4n) is 2.29. The van der Waals surface area contributed by atoms with Gasteiger partial charge < -0.3 is 14.8 Å². The molecule has 124 valence electrons. The van der Waals surface area contributed by atoms with E-state index in [1.807, 2.05) is 19.1 Å². The molecule has 0 spiro atoms. The third-order valence-corrected chi connectivity index (χ3v) is 3.53. The minimum atomic E-state index is 0.689. The molecule has 0 aliphatic carbocycles. The standard InChI is InChI=1S/C20H27NO2/c1-3-12-23-20-7-5-6-19(13-20)15-21-14-17-8-10-18(11-9-17)16-22-4-2/h5-11,13,21H,3-4,12,14-16H2,1-2H3. The van der Waals surface area contributed by atoms with E-state index in [0.29, 0.717) is 6.61 Å². The van der Waals surface area contributed by atoms with Crippen molar-refractivity contribution in [1.82, 2.24) is 5.32 Å². The second-order valence-electron chi connectivity index (χ2n) is 5.55. The highest BCUT2D eigenvalue weighted by molar-refractivity contribution is 5.28. The zero-order valence-corrected chi connectivity index (χ0v) is 14.2. The van der Waals surface area contributed by atoms with Crippen molar-refractivity contribution in [3.63, 3.8) is 0 Å². The van der Waals surface area contributed by atoms with Crippen LogP contribution in [0.1, 0.15) is 37.0 Å². The van der Waals surface area contributed by atoms with Crippen LogP contribution in [0.3, 0.4) is 0 Å². The van der Waals surface area contributed by atoms with Gasteiger partial charge in [-0.05, 0) is 42.2 Å². The summed E-state index contributed by atoms with van der Waals surface area (Å²) in [6, 6.07) is 16.9. The number of ether oxygens (including phenoxy) is 2. The van der Waals surface area contributed by atoms with Crippen molar-refractivity contribution in [1.29, 1.82) is 0 Å². The van der Waals surface area contributed by atoms with Gasteiger partial charge in [-0.25, -0.2) is 0 Å². The maximum Gasteiger partial charge on any atom is 0.119 e. The lowest BCUT2D eigenvalue weighted by Gasteiger charge is -2.09. The van der Waals surface area contributed by atoms with E-state index in [1.54, 1.807) is 0 Å². The van der Waals surface area contributed by atoms with Gasteiger partial charge in [0.1, 0.15) is 5.75 Å². The second kappa shape index (κ2) is 10.0. The second-order valence-corrected chi connectivity index (χ2v) is 5.55.